The van der Waals surface area contributed by atoms with E-state index in [4.69, 9.17) is 16.3 Å². The third-order valence-electron chi connectivity index (χ3n) is 6.23. The van der Waals surface area contributed by atoms with Crippen molar-refractivity contribution in [2.75, 3.05) is 19.7 Å². The third kappa shape index (κ3) is 5.96. The fourth-order valence-corrected chi connectivity index (χ4v) is 5.98. The Morgan fingerprint density at radius 2 is 1.94 bits per heavy atom. The van der Waals surface area contributed by atoms with E-state index in [1.165, 1.54) is 6.07 Å². The Kier molecular flexibility index (Phi) is 7.87. The number of nitriles is 1. The van der Waals surface area contributed by atoms with Gasteiger partial charge in [0.1, 0.15) is 11.0 Å². The second kappa shape index (κ2) is 10.9. The van der Waals surface area contributed by atoms with Gasteiger partial charge in [0, 0.05) is 26.1 Å². The molecule has 0 saturated carbocycles. The van der Waals surface area contributed by atoms with E-state index in [2.05, 4.69) is 29.1 Å². The molecule has 1 aliphatic heterocycles. The third-order valence-corrected chi connectivity index (χ3v) is 8.11. The van der Waals surface area contributed by atoms with Crippen molar-refractivity contribution in [2.24, 2.45) is 5.92 Å². The summed E-state index contributed by atoms with van der Waals surface area (Å²) in [6.07, 6.45) is 9.00. The first kappa shape index (κ1) is 24.6. The Morgan fingerprint density at radius 1 is 1.18 bits per heavy atom. The molecule has 2 aromatic rings. The lowest BCUT2D eigenvalue weighted by Gasteiger charge is -2.26. The number of hydrazine groups is 1. The van der Waals surface area contributed by atoms with Crippen LogP contribution in [0.1, 0.15) is 31.2 Å². The van der Waals surface area contributed by atoms with Crippen LogP contribution in [0.25, 0.3) is 5.57 Å². The fourth-order valence-electron chi connectivity index (χ4n) is 4.35. The lowest BCUT2D eigenvalue weighted by atomic mass is 9.90. The largest absolute Gasteiger partial charge is 0.356 e. The SMILES string of the molecule is N#C[C@]1(OCCC[C@@H]2CCN(NS(=O)(=O)c3ccccc3Cl)C2)C=CC(c2ccccc2)=CC1. The Balaban J connectivity index is 1.22. The van der Waals surface area contributed by atoms with Crippen molar-refractivity contribution in [3.63, 3.8) is 0 Å². The van der Waals surface area contributed by atoms with Crippen LogP contribution in [-0.4, -0.2) is 38.7 Å². The average Bonchev–Trinajstić information content (AvgIpc) is 3.29. The van der Waals surface area contributed by atoms with Gasteiger partial charge < -0.3 is 4.74 Å². The second-order valence-corrected chi connectivity index (χ2v) is 10.7. The minimum atomic E-state index is -3.70. The summed E-state index contributed by atoms with van der Waals surface area (Å²) >= 11 is 6.05. The van der Waals surface area contributed by atoms with Gasteiger partial charge in [-0.25, -0.2) is 13.4 Å². The Bertz CT molecular complexity index is 1210. The summed E-state index contributed by atoms with van der Waals surface area (Å²) in [5.41, 5.74) is 1.30. The molecule has 178 valence electrons. The van der Waals surface area contributed by atoms with E-state index in [-0.39, 0.29) is 9.92 Å². The van der Waals surface area contributed by atoms with Crippen LogP contribution in [0.5, 0.6) is 0 Å². The van der Waals surface area contributed by atoms with Crippen molar-refractivity contribution < 1.29 is 13.2 Å². The maximum absolute atomic E-state index is 12.6. The van der Waals surface area contributed by atoms with Crippen LogP contribution < -0.4 is 4.83 Å². The minimum absolute atomic E-state index is 0.0836. The molecule has 6 nitrogen and oxygen atoms in total. The van der Waals surface area contributed by atoms with Crippen LogP contribution in [0.15, 0.2) is 77.7 Å². The molecule has 34 heavy (non-hydrogen) atoms. The van der Waals surface area contributed by atoms with Gasteiger partial charge in [0.05, 0.1) is 5.02 Å². The molecule has 2 aromatic carbocycles. The van der Waals surface area contributed by atoms with Gasteiger partial charge >= 0.3 is 0 Å². The van der Waals surface area contributed by atoms with Gasteiger partial charge in [0.2, 0.25) is 0 Å². The first-order valence-corrected chi connectivity index (χ1v) is 13.3. The highest BCUT2D eigenvalue weighted by molar-refractivity contribution is 7.89. The molecule has 0 amide bonds. The normalized spacial score (nSPS) is 22.9. The van der Waals surface area contributed by atoms with Gasteiger partial charge in [0.15, 0.2) is 5.60 Å². The fraction of sp³-hybridized carbons (Fsp3) is 0.346. The molecule has 2 aliphatic rings. The van der Waals surface area contributed by atoms with Gasteiger partial charge in [-0.3, -0.25) is 0 Å². The number of nitrogens with one attached hydrogen (secondary N) is 1. The quantitative estimate of drug-likeness (QED) is 0.495. The first-order valence-electron chi connectivity index (χ1n) is 11.4. The summed E-state index contributed by atoms with van der Waals surface area (Å²) in [6.45, 7) is 1.76. The molecule has 0 spiro atoms. The maximum atomic E-state index is 12.6. The molecule has 0 unspecified atom stereocenters. The standard InChI is InChI=1S/C26H28ClN3O3S/c27-24-10-4-5-11-25(24)34(31,32)29-30-17-14-21(19-30)7-6-18-33-26(20-28)15-12-23(13-16-26)22-8-2-1-3-9-22/h1-5,8-13,15,21,29H,6-7,14,16-19H2/t21-,26+/m1/s1. The van der Waals surface area contributed by atoms with Crippen molar-refractivity contribution >= 4 is 27.2 Å². The van der Waals surface area contributed by atoms with Crippen LogP contribution in [0, 0.1) is 17.2 Å². The highest BCUT2D eigenvalue weighted by atomic mass is 35.5. The summed E-state index contributed by atoms with van der Waals surface area (Å²) < 4.78 is 31.3. The van der Waals surface area contributed by atoms with Crippen molar-refractivity contribution in [1.29, 1.82) is 5.26 Å². The molecule has 0 bridgehead atoms. The van der Waals surface area contributed by atoms with Crippen molar-refractivity contribution in [1.82, 2.24) is 9.84 Å². The van der Waals surface area contributed by atoms with E-state index in [1.54, 1.807) is 23.2 Å². The van der Waals surface area contributed by atoms with Crippen LogP contribution in [-0.2, 0) is 14.8 Å². The van der Waals surface area contributed by atoms with Crippen LogP contribution >= 0.6 is 11.6 Å². The second-order valence-electron chi connectivity index (χ2n) is 8.68. The number of hydrogen-bond acceptors (Lipinski definition) is 5. The zero-order chi connectivity index (χ0) is 24.0. The van der Waals surface area contributed by atoms with Gasteiger partial charge in [-0.15, -0.1) is 4.83 Å². The molecule has 1 saturated heterocycles. The highest BCUT2D eigenvalue weighted by Crippen LogP contribution is 2.30. The number of sulfonamides is 1. The van der Waals surface area contributed by atoms with Crippen molar-refractivity contribution in [3.8, 4) is 6.07 Å². The van der Waals surface area contributed by atoms with Crippen molar-refractivity contribution in [3.05, 3.63) is 83.4 Å². The predicted molar refractivity (Wildman–Crippen MR) is 133 cm³/mol. The Hall–Kier alpha value is -2.47. The van der Waals surface area contributed by atoms with E-state index < -0.39 is 15.6 Å². The lowest BCUT2D eigenvalue weighted by molar-refractivity contribution is 0.0309. The monoisotopic (exact) mass is 497 g/mol. The zero-order valence-electron chi connectivity index (χ0n) is 18.9. The summed E-state index contributed by atoms with van der Waals surface area (Å²) in [5.74, 6) is 0.363. The van der Waals surface area contributed by atoms with Gasteiger partial charge in [-0.2, -0.15) is 5.26 Å². The lowest BCUT2D eigenvalue weighted by Crippen LogP contribution is -2.40. The van der Waals surface area contributed by atoms with Crippen LogP contribution in [0.4, 0.5) is 0 Å². The summed E-state index contributed by atoms with van der Waals surface area (Å²) in [6, 6.07) is 18.8. The molecule has 4 rings (SSSR count). The Morgan fingerprint density at radius 3 is 2.65 bits per heavy atom. The topological polar surface area (TPSA) is 82.4 Å². The number of nitrogens with zero attached hydrogens (tertiary/aromatic N) is 2. The molecule has 1 heterocycles. The molecular weight excluding hydrogens is 470 g/mol. The van der Waals surface area contributed by atoms with Gasteiger partial charge in [-0.1, -0.05) is 66.2 Å². The number of hydrogen-bond donors (Lipinski definition) is 1. The predicted octanol–water partition coefficient (Wildman–Crippen LogP) is 4.96. The number of rotatable bonds is 9. The maximum Gasteiger partial charge on any atom is 0.254 e. The summed E-state index contributed by atoms with van der Waals surface area (Å²) in [5, 5.41) is 11.7. The molecule has 1 fully saturated rings. The van der Waals surface area contributed by atoms with Gasteiger partial charge in [0.25, 0.3) is 10.0 Å². The molecule has 8 heteroatoms. The van der Waals surface area contributed by atoms with E-state index >= 15 is 0 Å². The summed E-state index contributed by atoms with van der Waals surface area (Å²) in [4.78, 5) is 2.73. The minimum Gasteiger partial charge on any atom is -0.356 e. The number of allylic oxidation sites excluding steroid dienone is 2. The van der Waals surface area contributed by atoms with Gasteiger partial charge in [-0.05, 0) is 54.5 Å². The highest BCUT2D eigenvalue weighted by Gasteiger charge is 2.30. The average molecular weight is 498 g/mol. The smallest absolute Gasteiger partial charge is 0.254 e. The molecule has 1 N–H and O–H groups in total. The number of benzene rings is 2. The zero-order valence-corrected chi connectivity index (χ0v) is 20.4. The van der Waals surface area contributed by atoms with Crippen LogP contribution in [0.2, 0.25) is 5.02 Å². The van der Waals surface area contributed by atoms with Crippen LogP contribution in [0.3, 0.4) is 0 Å². The van der Waals surface area contributed by atoms with E-state index in [9.17, 15) is 13.7 Å². The van der Waals surface area contributed by atoms with E-state index in [0.717, 1.165) is 30.4 Å². The molecule has 0 radical (unpaired) electrons. The van der Waals surface area contributed by atoms with E-state index in [1.807, 2.05) is 30.4 Å². The molecule has 2 atom stereocenters. The first-order chi connectivity index (χ1) is 16.4. The molecule has 0 aromatic heterocycles. The van der Waals surface area contributed by atoms with Crippen molar-refractivity contribution in [2.45, 2.75) is 36.2 Å². The molecule has 1 aliphatic carbocycles. The Labute approximate surface area is 206 Å². The number of ether oxygens (including phenoxy) is 1. The summed E-state index contributed by atoms with van der Waals surface area (Å²) in [7, 11) is -3.70. The molecular formula is C26H28ClN3O3S. The van der Waals surface area contributed by atoms with E-state index in [0.29, 0.717) is 32.0 Å². The number of halogens is 1.